The van der Waals surface area contributed by atoms with E-state index in [1.165, 1.54) is 0 Å². The maximum absolute atomic E-state index is 12.5. The number of ether oxygens (including phenoxy) is 1. The zero-order valence-electron chi connectivity index (χ0n) is 13.5. The van der Waals surface area contributed by atoms with Crippen molar-refractivity contribution in [3.8, 4) is 0 Å². The minimum absolute atomic E-state index is 0.0695. The number of aromatic nitrogens is 1. The topological polar surface area (TPSA) is 56.3 Å². The number of pyridine rings is 1. The molecular weight excluding hydrogens is 266 g/mol. The summed E-state index contributed by atoms with van der Waals surface area (Å²) in [4.78, 5) is 29.3. The van der Waals surface area contributed by atoms with Crippen molar-refractivity contribution in [3.05, 3.63) is 28.1 Å². The van der Waals surface area contributed by atoms with Crippen molar-refractivity contribution in [1.82, 2.24) is 4.98 Å². The van der Waals surface area contributed by atoms with Crippen LogP contribution in [0.1, 0.15) is 71.8 Å². The zero-order valence-corrected chi connectivity index (χ0v) is 13.5. The van der Waals surface area contributed by atoms with Gasteiger partial charge >= 0.3 is 5.97 Å². The molecule has 0 atom stereocenters. The van der Waals surface area contributed by atoms with Crippen LogP contribution < -0.4 is 0 Å². The van der Waals surface area contributed by atoms with Gasteiger partial charge in [0.1, 0.15) is 0 Å². The van der Waals surface area contributed by atoms with E-state index in [2.05, 4.69) is 18.8 Å². The summed E-state index contributed by atoms with van der Waals surface area (Å²) >= 11 is 0. The van der Waals surface area contributed by atoms with Crippen LogP contribution in [0.3, 0.4) is 0 Å². The molecule has 0 radical (unpaired) electrons. The van der Waals surface area contributed by atoms with Crippen LogP contribution in [0.25, 0.3) is 0 Å². The highest BCUT2D eigenvalue weighted by Gasteiger charge is 2.35. The highest BCUT2D eigenvalue weighted by atomic mass is 16.5. The standard InChI is InChI=1S/C17H23NO3/c1-6-11-14(16(20)21-7-2)10(3)18-12-8-17(4,5)9-13(19)15(11)12/h6-9H2,1-5H3. The lowest BCUT2D eigenvalue weighted by Crippen LogP contribution is -2.30. The lowest BCUT2D eigenvalue weighted by molar-refractivity contribution is 0.0523. The summed E-state index contributed by atoms with van der Waals surface area (Å²) in [7, 11) is 0. The fourth-order valence-corrected chi connectivity index (χ4v) is 3.16. The summed E-state index contributed by atoms with van der Waals surface area (Å²) in [6.45, 7) is 10.0. The fraction of sp³-hybridized carbons (Fsp3) is 0.588. The number of nitrogens with zero attached hydrogens (tertiary/aromatic N) is 1. The normalized spacial score (nSPS) is 16.5. The van der Waals surface area contributed by atoms with Crippen molar-refractivity contribution in [3.63, 3.8) is 0 Å². The molecule has 0 saturated heterocycles. The summed E-state index contributed by atoms with van der Waals surface area (Å²) in [6, 6.07) is 0. The number of carbonyl (C=O) groups excluding carboxylic acids is 2. The number of esters is 1. The van der Waals surface area contributed by atoms with E-state index in [0.29, 0.717) is 36.3 Å². The minimum atomic E-state index is -0.375. The first-order valence-corrected chi connectivity index (χ1v) is 7.53. The SMILES string of the molecule is CCOC(=O)c1c(C)nc2c(c1CC)C(=O)CC(C)(C)C2. The second-order valence-electron chi connectivity index (χ2n) is 6.39. The number of Topliss-reactive ketones (excluding diaryl/α,β-unsaturated/α-hetero) is 1. The number of fused-ring (bicyclic) bond motifs is 1. The molecule has 1 aliphatic carbocycles. The van der Waals surface area contributed by atoms with Crippen LogP contribution in [-0.4, -0.2) is 23.3 Å². The molecule has 4 heteroatoms. The number of hydrogen-bond donors (Lipinski definition) is 0. The molecule has 0 spiro atoms. The van der Waals surface area contributed by atoms with Crippen LogP contribution in [0.2, 0.25) is 0 Å². The number of carbonyl (C=O) groups is 2. The smallest absolute Gasteiger partial charge is 0.340 e. The maximum atomic E-state index is 12.5. The number of rotatable bonds is 3. The highest BCUT2D eigenvalue weighted by molar-refractivity contribution is 6.03. The molecule has 0 N–H and O–H groups in total. The summed E-state index contributed by atoms with van der Waals surface area (Å²) in [5.41, 5.74) is 3.36. The Bertz CT molecular complexity index is 603. The van der Waals surface area contributed by atoms with E-state index < -0.39 is 0 Å². The molecule has 114 valence electrons. The first-order chi connectivity index (χ1) is 9.80. The van der Waals surface area contributed by atoms with Crippen LogP contribution in [0.5, 0.6) is 0 Å². The molecule has 0 unspecified atom stereocenters. The van der Waals surface area contributed by atoms with E-state index in [4.69, 9.17) is 4.74 Å². The third kappa shape index (κ3) is 2.85. The Hall–Kier alpha value is -1.71. The van der Waals surface area contributed by atoms with Gasteiger partial charge in [-0.15, -0.1) is 0 Å². The van der Waals surface area contributed by atoms with Crippen molar-refractivity contribution in [2.45, 2.75) is 53.9 Å². The van der Waals surface area contributed by atoms with E-state index in [9.17, 15) is 9.59 Å². The Labute approximate surface area is 125 Å². The van der Waals surface area contributed by atoms with Gasteiger partial charge < -0.3 is 4.74 Å². The Morgan fingerprint density at radius 2 is 1.95 bits per heavy atom. The molecule has 0 amide bonds. The van der Waals surface area contributed by atoms with E-state index in [1.54, 1.807) is 6.92 Å². The predicted molar refractivity (Wildman–Crippen MR) is 80.7 cm³/mol. The van der Waals surface area contributed by atoms with Gasteiger partial charge in [-0.25, -0.2) is 4.79 Å². The van der Waals surface area contributed by atoms with Crippen LogP contribution in [0.15, 0.2) is 0 Å². The van der Waals surface area contributed by atoms with Gasteiger partial charge in [0.2, 0.25) is 0 Å². The molecule has 4 nitrogen and oxygen atoms in total. The third-order valence-electron chi connectivity index (χ3n) is 3.95. The second-order valence-corrected chi connectivity index (χ2v) is 6.39. The summed E-state index contributed by atoms with van der Waals surface area (Å²) < 4.78 is 5.13. The van der Waals surface area contributed by atoms with Gasteiger partial charge in [0.25, 0.3) is 0 Å². The van der Waals surface area contributed by atoms with Crippen LogP contribution in [0, 0.1) is 12.3 Å². The van der Waals surface area contributed by atoms with Gasteiger partial charge in [-0.1, -0.05) is 20.8 Å². The van der Waals surface area contributed by atoms with Crippen molar-refractivity contribution in [2.24, 2.45) is 5.41 Å². The molecule has 0 aliphatic heterocycles. The molecule has 0 aromatic carbocycles. The Morgan fingerprint density at radius 3 is 2.52 bits per heavy atom. The number of ketones is 1. The molecule has 1 aromatic rings. The molecule has 0 bridgehead atoms. The largest absolute Gasteiger partial charge is 0.462 e. The molecule has 1 aromatic heterocycles. The Morgan fingerprint density at radius 1 is 1.29 bits per heavy atom. The van der Waals surface area contributed by atoms with E-state index in [-0.39, 0.29) is 17.2 Å². The zero-order chi connectivity index (χ0) is 15.8. The lowest BCUT2D eigenvalue weighted by atomic mass is 9.73. The average molecular weight is 289 g/mol. The highest BCUT2D eigenvalue weighted by Crippen LogP contribution is 2.37. The van der Waals surface area contributed by atoms with Crippen molar-refractivity contribution in [2.75, 3.05) is 6.61 Å². The predicted octanol–water partition coefficient (Wildman–Crippen LogP) is 3.28. The van der Waals surface area contributed by atoms with Crippen LogP contribution in [0.4, 0.5) is 0 Å². The minimum Gasteiger partial charge on any atom is -0.462 e. The fourth-order valence-electron chi connectivity index (χ4n) is 3.16. The van der Waals surface area contributed by atoms with E-state index in [1.807, 2.05) is 13.8 Å². The number of hydrogen-bond acceptors (Lipinski definition) is 4. The molecule has 1 aliphatic rings. The lowest BCUT2D eigenvalue weighted by Gasteiger charge is -2.31. The van der Waals surface area contributed by atoms with Gasteiger partial charge in [0.05, 0.1) is 23.6 Å². The second kappa shape index (κ2) is 5.58. The first kappa shape index (κ1) is 15.7. The number of aryl methyl sites for hydroxylation is 1. The van der Waals surface area contributed by atoms with Crippen molar-refractivity contribution < 1.29 is 14.3 Å². The first-order valence-electron chi connectivity index (χ1n) is 7.53. The van der Waals surface area contributed by atoms with Crippen molar-refractivity contribution in [1.29, 1.82) is 0 Å². The Balaban J connectivity index is 2.65. The molecule has 0 fully saturated rings. The van der Waals surface area contributed by atoms with Crippen molar-refractivity contribution >= 4 is 11.8 Å². The van der Waals surface area contributed by atoms with E-state index >= 15 is 0 Å². The van der Waals surface area contributed by atoms with Crippen LogP contribution in [-0.2, 0) is 17.6 Å². The quantitative estimate of drug-likeness (QED) is 0.801. The molecule has 0 saturated carbocycles. The molecule has 2 rings (SSSR count). The van der Waals surface area contributed by atoms with Gasteiger partial charge in [-0.05, 0) is 37.7 Å². The Kier molecular flexibility index (Phi) is 4.17. The molecule has 21 heavy (non-hydrogen) atoms. The average Bonchev–Trinajstić information content (AvgIpc) is 2.35. The monoisotopic (exact) mass is 289 g/mol. The summed E-state index contributed by atoms with van der Waals surface area (Å²) in [5.74, 6) is -0.282. The molecular formula is C17H23NO3. The van der Waals surface area contributed by atoms with Gasteiger partial charge in [0.15, 0.2) is 5.78 Å². The van der Waals surface area contributed by atoms with Crippen LogP contribution >= 0.6 is 0 Å². The third-order valence-corrected chi connectivity index (χ3v) is 3.95. The summed E-state index contributed by atoms with van der Waals surface area (Å²) in [6.07, 6.45) is 1.90. The maximum Gasteiger partial charge on any atom is 0.340 e. The van der Waals surface area contributed by atoms with E-state index in [0.717, 1.165) is 17.7 Å². The molecule has 1 heterocycles. The van der Waals surface area contributed by atoms with Gasteiger partial charge in [0, 0.05) is 12.0 Å². The van der Waals surface area contributed by atoms with Gasteiger partial charge in [-0.2, -0.15) is 0 Å². The summed E-state index contributed by atoms with van der Waals surface area (Å²) in [5, 5.41) is 0. The van der Waals surface area contributed by atoms with Gasteiger partial charge in [-0.3, -0.25) is 9.78 Å².